The molecule has 0 spiro atoms. The van der Waals surface area contributed by atoms with Crippen LogP contribution in [-0.2, 0) is 28.2 Å². The summed E-state index contributed by atoms with van der Waals surface area (Å²) in [7, 11) is -4.79. The van der Waals surface area contributed by atoms with Crippen LogP contribution in [0.15, 0.2) is 72.9 Å². The van der Waals surface area contributed by atoms with E-state index in [1.165, 1.54) is 44.9 Å². The molecular formula is C42H71O9P. The number of hydrogen-bond acceptors (Lipinski definition) is 7. The molecule has 0 fully saturated rings. The molecule has 0 aliphatic heterocycles. The lowest BCUT2D eigenvalue weighted by Gasteiger charge is -2.18. The average molecular weight is 751 g/mol. The highest BCUT2D eigenvalue weighted by Crippen LogP contribution is 2.36. The highest BCUT2D eigenvalue weighted by molar-refractivity contribution is 7.46. The van der Waals surface area contributed by atoms with Gasteiger partial charge in [0.25, 0.3) is 0 Å². The molecule has 3 N–H and O–H groups in total. The van der Waals surface area contributed by atoms with Crippen molar-refractivity contribution in [2.24, 2.45) is 0 Å². The number of aliphatic hydroxyl groups excluding tert-OH is 1. The van der Waals surface area contributed by atoms with Gasteiger partial charge in [0.05, 0.1) is 12.7 Å². The number of carbonyl (C=O) groups excluding carboxylic acids is 2. The number of phosphoric ester groups is 1. The second-order valence-corrected chi connectivity index (χ2v) is 14.3. The number of esters is 2. The van der Waals surface area contributed by atoms with Gasteiger partial charge in [-0.15, -0.1) is 0 Å². The van der Waals surface area contributed by atoms with Crippen molar-refractivity contribution in [3.63, 3.8) is 0 Å². The van der Waals surface area contributed by atoms with Crippen LogP contribution in [0.25, 0.3) is 0 Å². The number of unbranched alkanes of at least 4 members (excludes halogenated alkanes) is 13. The van der Waals surface area contributed by atoms with E-state index in [1.54, 1.807) is 6.08 Å². The second-order valence-electron chi connectivity index (χ2n) is 13.1. The minimum atomic E-state index is -4.79. The number of aliphatic hydroxyl groups is 1. The molecule has 2 atom stereocenters. The zero-order valence-corrected chi connectivity index (χ0v) is 33.2. The molecule has 0 saturated heterocycles. The highest BCUT2D eigenvalue weighted by atomic mass is 31.2. The zero-order valence-electron chi connectivity index (χ0n) is 32.3. The monoisotopic (exact) mass is 750 g/mol. The van der Waals surface area contributed by atoms with Gasteiger partial charge in [-0.25, -0.2) is 4.57 Å². The van der Waals surface area contributed by atoms with Crippen molar-refractivity contribution in [2.45, 2.75) is 167 Å². The first-order valence-electron chi connectivity index (χ1n) is 19.8. The Morgan fingerprint density at radius 1 is 0.596 bits per heavy atom. The van der Waals surface area contributed by atoms with E-state index in [0.29, 0.717) is 25.7 Å². The van der Waals surface area contributed by atoms with E-state index < -0.39 is 38.6 Å². The van der Waals surface area contributed by atoms with E-state index in [-0.39, 0.29) is 19.4 Å². The van der Waals surface area contributed by atoms with Crippen LogP contribution in [-0.4, -0.2) is 52.3 Å². The van der Waals surface area contributed by atoms with Gasteiger partial charge in [-0.05, 0) is 77.0 Å². The van der Waals surface area contributed by atoms with Crippen molar-refractivity contribution in [2.75, 3.05) is 13.2 Å². The number of ether oxygens (including phenoxy) is 2. The maximum absolute atomic E-state index is 12.4. The second kappa shape index (κ2) is 36.8. The lowest BCUT2D eigenvalue weighted by Crippen LogP contribution is -2.29. The Morgan fingerprint density at radius 2 is 1.12 bits per heavy atom. The van der Waals surface area contributed by atoms with E-state index in [0.717, 1.165) is 57.8 Å². The van der Waals surface area contributed by atoms with Crippen molar-refractivity contribution in [1.82, 2.24) is 0 Å². The van der Waals surface area contributed by atoms with Crippen LogP contribution in [0.2, 0.25) is 0 Å². The molecule has 0 amide bonds. The minimum Gasteiger partial charge on any atom is -0.462 e. The summed E-state index contributed by atoms with van der Waals surface area (Å²) in [5.74, 6) is -1.01. The van der Waals surface area contributed by atoms with Crippen molar-refractivity contribution in [3.05, 3.63) is 72.9 Å². The number of allylic oxidation sites excluding steroid dienone is 10. The van der Waals surface area contributed by atoms with Gasteiger partial charge in [0.15, 0.2) is 6.10 Å². The summed E-state index contributed by atoms with van der Waals surface area (Å²) in [6.45, 7) is 3.48. The van der Waals surface area contributed by atoms with E-state index in [2.05, 4.69) is 48.8 Å². The first-order valence-corrected chi connectivity index (χ1v) is 21.4. The van der Waals surface area contributed by atoms with Gasteiger partial charge in [-0.3, -0.25) is 14.1 Å². The molecule has 0 rings (SSSR count). The highest BCUT2D eigenvalue weighted by Gasteiger charge is 2.22. The summed E-state index contributed by atoms with van der Waals surface area (Å²) >= 11 is 0. The fourth-order valence-corrected chi connectivity index (χ4v) is 5.36. The predicted octanol–water partition coefficient (Wildman–Crippen LogP) is 10.9. The molecule has 0 unspecified atom stereocenters. The molecule has 0 aromatic heterocycles. The summed E-state index contributed by atoms with van der Waals surface area (Å²) in [5.41, 5.74) is 0. The van der Waals surface area contributed by atoms with Crippen LogP contribution in [0.4, 0.5) is 0 Å². The molecule has 0 aliphatic carbocycles. The molecule has 298 valence electrons. The van der Waals surface area contributed by atoms with Gasteiger partial charge in [-0.1, -0.05) is 138 Å². The molecule has 0 aromatic rings. The minimum absolute atomic E-state index is 0.151. The maximum Gasteiger partial charge on any atom is 0.469 e. The van der Waals surface area contributed by atoms with Gasteiger partial charge in [-0.2, -0.15) is 0 Å². The molecule has 0 heterocycles. The lowest BCUT2D eigenvalue weighted by molar-refractivity contribution is -0.161. The smallest absolute Gasteiger partial charge is 0.462 e. The van der Waals surface area contributed by atoms with Crippen molar-refractivity contribution in [3.8, 4) is 0 Å². The van der Waals surface area contributed by atoms with Gasteiger partial charge in [0, 0.05) is 12.8 Å². The van der Waals surface area contributed by atoms with Crippen LogP contribution in [0.5, 0.6) is 0 Å². The van der Waals surface area contributed by atoms with Crippen LogP contribution in [0, 0.1) is 0 Å². The SMILES string of the molecule is CCCCC/C=C\C=C/[C@@H](O)C/C=C\C/C=C/CCCC(=O)OC[C@H](COP(=O)(O)O)OC(=O)CCCCCCCC/C=C\C/C=C\CCCCC. The average Bonchev–Trinajstić information content (AvgIpc) is 3.11. The van der Waals surface area contributed by atoms with Crippen LogP contribution in [0.3, 0.4) is 0 Å². The molecule has 52 heavy (non-hydrogen) atoms. The molecule has 0 aromatic carbocycles. The fourth-order valence-electron chi connectivity index (χ4n) is 5.00. The summed E-state index contributed by atoms with van der Waals surface area (Å²) < 4.78 is 26.3. The number of phosphoric acid groups is 1. The largest absolute Gasteiger partial charge is 0.469 e. The maximum atomic E-state index is 12.4. The Kier molecular flexibility index (Phi) is 35.0. The topological polar surface area (TPSA) is 140 Å². The van der Waals surface area contributed by atoms with Crippen molar-refractivity contribution >= 4 is 19.8 Å². The molecule has 10 heteroatoms. The number of hydrogen-bond donors (Lipinski definition) is 3. The van der Waals surface area contributed by atoms with Crippen LogP contribution in [0.1, 0.15) is 155 Å². The number of carbonyl (C=O) groups is 2. The summed E-state index contributed by atoms with van der Waals surface area (Å²) in [4.78, 5) is 42.8. The first-order chi connectivity index (χ1) is 25.2. The van der Waals surface area contributed by atoms with Gasteiger partial charge in [0.2, 0.25) is 0 Å². The standard InChI is InChI=1S/C42H71O9P/c1-3-5-7-9-11-12-13-14-15-16-17-18-19-23-28-32-36-42(45)51-40(38-50-52(46,47)48)37-49-41(44)35-31-27-24-20-22-26-30-34-39(43)33-29-25-21-10-8-6-4-2/h11-12,14-15,20-21,24-26,29-30,33,39-40,43H,3-10,13,16-19,22-23,27-28,31-32,34-38H2,1-2H3,(H2,46,47,48)/b12-11-,15-14-,24-20+,25-21-,30-26-,33-29-/t39-,40-/m1/s1. The predicted molar refractivity (Wildman–Crippen MR) is 213 cm³/mol. The Morgan fingerprint density at radius 3 is 1.73 bits per heavy atom. The third-order valence-corrected chi connectivity index (χ3v) is 8.51. The van der Waals surface area contributed by atoms with Gasteiger partial charge < -0.3 is 24.4 Å². The van der Waals surface area contributed by atoms with E-state index in [4.69, 9.17) is 19.3 Å². The Labute approximate surface area is 315 Å². The molecule has 0 aliphatic rings. The van der Waals surface area contributed by atoms with E-state index >= 15 is 0 Å². The summed E-state index contributed by atoms with van der Waals surface area (Å²) in [6, 6.07) is 0. The zero-order chi connectivity index (χ0) is 38.4. The lowest BCUT2D eigenvalue weighted by atomic mass is 10.1. The molecular weight excluding hydrogens is 679 g/mol. The molecule has 0 bridgehead atoms. The van der Waals surface area contributed by atoms with Crippen molar-refractivity contribution < 1.29 is 43.0 Å². The van der Waals surface area contributed by atoms with E-state index in [9.17, 15) is 19.3 Å². The summed E-state index contributed by atoms with van der Waals surface area (Å²) in [6.07, 6.45) is 43.6. The first kappa shape index (κ1) is 49.5. The Hall–Kier alpha value is -2.55. The fraction of sp³-hybridized carbons (Fsp3) is 0.667. The Balaban J connectivity index is 4.14. The molecule has 0 saturated carbocycles. The normalized spacial score (nSPS) is 13.9. The molecule has 0 radical (unpaired) electrons. The van der Waals surface area contributed by atoms with Crippen molar-refractivity contribution in [1.29, 1.82) is 0 Å². The Bertz CT molecular complexity index is 1090. The van der Waals surface area contributed by atoms with Gasteiger partial charge >= 0.3 is 19.8 Å². The third kappa shape index (κ3) is 38.7. The third-order valence-electron chi connectivity index (χ3n) is 8.03. The quantitative estimate of drug-likeness (QED) is 0.0190. The summed E-state index contributed by atoms with van der Waals surface area (Å²) in [5, 5.41) is 10.0. The van der Waals surface area contributed by atoms with Crippen LogP contribution < -0.4 is 0 Å². The van der Waals surface area contributed by atoms with Gasteiger partial charge in [0.1, 0.15) is 6.61 Å². The molecule has 9 nitrogen and oxygen atoms in total. The van der Waals surface area contributed by atoms with E-state index in [1.807, 2.05) is 36.5 Å². The number of rotatable bonds is 35. The van der Waals surface area contributed by atoms with Crippen LogP contribution >= 0.6 is 7.82 Å².